The first-order chi connectivity index (χ1) is 15.3. The number of methoxy groups -OCH3 is 1. The fourth-order valence-electron chi connectivity index (χ4n) is 5.00. The van der Waals surface area contributed by atoms with Gasteiger partial charge in [0.15, 0.2) is 17.0 Å². The number of H-pyrrole nitrogens is 1. The van der Waals surface area contributed by atoms with Crippen LogP contribution in [0, 0.1) is 17.6 Å². The van der Waals surface area contributed by atoms with Crippen LogP contribution in [0.5, 0.6) is 5.75 Å². The SMILES string of the molecule is CCC1CC[C@@H](c2ccc(F)c(F)c2OC)[C@H](c2cc(=O)c3c(C(N)=O)nccc3[nH]2)C1. The van der Waals surface area contributed by atoms with E-state index >= 15 is 0 Å². The fraction of sp³-hybridized carbons (Fsp3) is 0.375. The van der Waals surface area contributed by atoms with Crippen LogP contribution in [0.3, 0.4) is 0 Å². The molecule has 168 valence electrons. The molecule has 1 aliphatic rings. The molecule has 0 spiro atoms. The number of benzene rings is 1. The monoisotopic (exact) mass is 441 g/mol. The molecule has 1 unspecified atom stereocenters. The smallest absolute Gasteiger partial charge is 0.268 e. The highest BCUT2D eigenvalue weighted by Gasteiger charge is 2.35. The molecule has 6 nitrogen and oxygen atoms in total. The van der Waals surface area contributed by atoms with Gasteiger partial charge in [-0.2, -0.15) is 4.39 Å². The summed E-state index contributed by atoms with van der Waals surface area (Å²) >= 11 is 0. The van der Waals surface area contributed by atoms with Crippen LogP contribution in [0.1, 0.15) is 66.2 Å². The molecule has 1 aliphatic carbocycles. The van der Waals surface area contributed by atoms with Crippen molar-refractivity contribution in [2.75, 3.05) is 7.11 Å². The second-order valence-electron chi connectivity index (χ2n) is 8.32. The second-order valence-corrected chi connectivity index (χ2v) is 8.32. The number of hydrogen-bond acceptors (Lipinski definition) is 4. The molecule has 0 saturated heterocycles. The Morgan fingerprint density at radius 2 is 2.03 bits per heavy atom. The maximum Gasteiger partial charge on any atom is 0.268 e. The fourth-order valence-corrected chi connectivity index (χ4v) is 5.00. The van der Waals surface area contributed by atoms with E-state index in [4.69, 9.17) is 10.5 Å². The van der Waals surface area contributed by atoms with Crippen LogP contribution in [0.2, 0.25) is 0 Å². The minimum absolute atomic E-state index is 0.0794. The van der Waals surface area contributed by atoms with Crippen molar-refractivity contribution >= 4 is 16.8 Å². The number of rotatable bonds is 5. The number of aromatic nitrogens is 2. The van der Waals surface area contributed by atoms with Crippen molar-refractivity contribution in [3.05, 3.63) is 69.3 Å². The van der Waals surface area contributed by atoms with E-state index in [9.17, 15) is 18.4 Å². The molecule has 1 amide bonds. The van der Waals surface area contributed by atoms with Crippen molar-refractivity contribution in [2.45, 2.75) is 44.4 Å². The van der Waals surface area contributed by atoms with Gasteiger partial charge in [0.2, 0.25) is 5.82 Å². The van der Waals surface area contributed by atoms with Crippen LogP contribution in [-0.2, 0) is 0 Å². The van der Waals surface area contributed by atoms with Crippen molar-refractivity contribution < 1.29 is 18.3 Å². The molecular weight excluding hydrogens is 416 g/mol. The van der Waals surface area contributed by atoms with Gasteiger partial charge in [0.25, 0.3) is 5.91 Å². The summed E-state index contributed by atoms with van der Waals surface area (Å²) in [7, 11) is 1.32. The normalized spacial score (nSPS) is 20.9. The summed E-state index contributed by atoms with van der Waals surface area (Å²) in [5, 5.41) is 0.147. The van der Waals surface area contributed by atoms with Crippen molar-refractivity contribution in [2.24, 2.45) is 11.7 Å². The Kier molecular flexibility index (Phi) is 5.95. The van der Waals surface area contributed by atoms with Gasteiger partial charge in [-0.05, 0) is 43.2 Å². The van der Waals surface area contributed by atoms with Gasteiger partial charge in [0.1, 0.15) is 5.69 Å². The Balaban J connectivity index is 1.87. The first kappa shape index (κ1) is 21.9. The minimum atomic E-state index is -1.01. The lowest BCUT2D eigenvalue weighted by atomic mass is 9.69. The molecule has 3 N–H and O–H groups in total. The molecule has 0 aliphatic heterocycles. The molecule has 0 radical (unpaired) electrons. The van der Waals surface area contributed by atoms with Crippen molar-refractivity contribution in [3.63, 3.8) is 0 Å². The van der Waals surface area contributed by atoms with E-state index in [1.807, 2.05) is 0 Å². The van der Waals surface area contributed by atoms with E-state index in [1.54, 1.807) is 12.1 Å². The quantitative estimate of drug-likeness (QED) is 0.614. The molecule has 32 heavy (non-hydrogen) atoms. The summed E-state index contributed by atoms with van der Waals surface area (Å²) in [6, 6.07) is 5.78. The maximum atomic E-state index is 14.5. The average molecular weight is 441 g/mol. The summed E-state index contributed by atoms with van der Waals surface area (Å²) in [6.07, 6.45) is 4.86. The minimum Gasteiger partial charge on any atom is -0.493 e. The summed E-state index contributed by atoms with van der Waals surface area (Å²) in [4.78, 5) is 31.9. The van der Waals surface area contributed by atoms with Gasteiger partial charge in [0.05, 0.1) is 18.0 Å². The van der Waals surface area contributed by atoms with E-state index < -0.39 is 17.5 Å². The van der Waals surface area contributed by atoms with Crippen LogP contribution in [0.25, 0.3) is 10.9 Å². The number of amides is 1. The molecular formula is C24H25F2N3O3. The van der Waals surface area contributed by atoms with E-state index in [0.29, 0.717) is 22.7 Å². The summed E-state index contributed by atoms with van der Waals surface area (Å²) in [5.74, 6) is -2.73. The summed E-state index contributed by atoms with van der Waals surface area (Å²) in [6.45, 7) is 2.12. The predicted molar refractivity (Wildman–Crippen MR) is 117 cm³/mol. The van der Waals surface area contributed by atoms with Crippen LogP contribution in [-0.4, -0.2) is 23.0 Å². The first-order valence-electron chi connectivity index (χ1n) is 10.7. The number of halogens is 2. The highest BCUT2D eigenvalue weighted by Crippen LogP contribution is 2.49. The third-order valence-electron chi connectivity index (χ3n) is 6.62. The lowest BCUT2D eigenvalue weighted by Gasteiger charge is -2.37. The predicted octanol–water partition coefficient (Wildman–Crippen LogP) is 4.39. The van der Waals surface area contributed by atoms with Crippen molar-refractivity contribution in [1.82, 2.24) is 9.97 Å². The Hall–Kier alpha value is -3.29. The van der Waals surface area contributed by atoms with Crippen molar-refractivity contribution in [3.8, 4) is 5.75 Å². The standard InChI is InChI=1S/C24H25F2N3O3/c1-3-12-4-5-13(14-6-7-16(25)21(26)23(14)32-2)15(10-12)18-11-19(30)20-17(29-18)8-9-28-22(20)24(27)31/h6-9,11-13,15H,3-5,10H2,1-2H3,(H2,27,31)(H,29,30)/t12?,13-,15+/m0/s1. The molecule has 4 rings (SSSR count). The molecule has 1 aromatic carbocycles. The first-order valence-corrected chi connectivity index (χ1v) is 10.7. The summed E-state index contributed by atoms with van der Waals surface area (Å²) in [5.41, 5.74) is 6.68. The number of fused-ring (bicyclic) bond motifs is 1. The van der Waals surface area contributed by atoms with Crippen LogP contribution < -0.4 is 15.9 Å². The molecule has 3 atom stereocenters. The van der Waals surface area contributed by atoms with E-state index in [2.05, 4.69) is 16.9 Å². The van der Waals surface area contributed by atoms with Crippen LogP contribution in [0.15, 0.2) is 35.3 Å². The molecule has 8 heteroatoms. The van der Waals surface area contributed by atoms with Crippen molar-refractivity contribution in [1.29, 1.82) is 0 Å². The highest BCUT2D eigenvalue weighted by atomic mass is 19.2. The number of ether oxygens (including phenoxy) is 1. The second kappa shape index (κ2) is 8.68. The van der Waals surface area contributed by atoms with E-state index in [0.717, 1.165) is 31.7 Å². The zero-order valence-corrected chi connectivity index (χ0v) is 18.0. The van der Waals surface area contributed by atoms with Gasteiger partial charge in [0, 0.05) is 29.4 Å². The molecule has 1 saturated carbocycles. The van der Waals surface area contributed by atoms with Gasteiger partial charge < -0.3 is 15.5 Å². The Morgan fingerprint density at radius 3 is 2.72 bits per heavy atom. The van der Waals surface area contributed by atoms with Gasteiger partial charge in [-0.3, -0.25) is 14.6 Å². The van der Waals surface area contributed by atoms with Gasteiger partial charge in [-0.25, -0.2) is 4.39 Å². The van der Waals surface area contributed by atoms with E-state index in [-0.39, 0.29) is 34.1 Å². The Morgan fingerprint density at radius 1 is 1.25 bits per heavy atom. The number of carbonyl (C=O) groups excluding carboxylic acids is 1. The third-order valence-corrected chi connectivity index (χ3v) is 6.62. The molecule has 1 fully saturated rings. The number of nitrogens with one attached hydrogen (secondary N) is 1. The zero-order valence-electron chi connectivity index (χ0n) is 18.0. The summed E-state index contributed by atoms with van der Waals surface area (Å²) < 4.78 is 33.5. The number of nitrogens with zero attached hydrogens (tertiary/aromatic N) is 1. The number of nitrogens with two attached hydrogens (primary N) is 1. The zero-order chi connectivity index (χ0) is 23.0. The largest absolute Gasteiger partial charge is 0.493 e. The molecule has 2 aromatic heterocycles. The lowest BCUT2D eigenvalue weighted by molar-refractivity contribution is 0.0997. The number of carbonyl (C=O) groups is 1. The van der Waals surface area contributed by atoms with Gasteiger partial charge in [-0.15, -0.1) is 0 Å². The number of hydrogen-bond donors (Lipinski definition) is 2. The van der Waals surface area contributed by atoms with Gasteiger partial charge >= 0.3 is 0 Å². The van der Waals surface area contributed by atoms with Gasteiger partial charge in [-0.1, -0.05) is 19.4 Å². The van der Waals surface area contributed by atoms with Crippen LogP contribution in [0.4, 0.5) is 8.78 Å². The molecule has 0 bridgehead atoms. The Bertz CT molecular complexity index is 1240. The topological polar surface area (TPSA) is 98.1 Å². The average Bonchev–Trinajstić information content (AvgIpc) is 2.79. The number of primary amides is 1. The van der Waals surface area contributed by atoms with Crippen LogP contribution >= 0.6 is 0 Å². The molecule has 2 heterocycles. The number of aromatic amines is 1. The maximum absolute atomic E-state index is 14.5. The third kappa shape index (κ3) is 3.74. The van der Waals surface area contributed by atoms with E-state index in [1.165, 1.54) is 19.4 Å². The molecule has 3 aromatic rings. The Labute approximate surface area is 183 Å². The number of pyridine rings is 2. The lowest BCUT2D eigenvalue weighted by Crippen LogP contribution is -2.25. The highest BCUT2D eigenvalue weighted by molar-refractivity contribution is 6.03.